The molecule has 0 radical (unpaired) electrons. The molecule has 0 bridgehead atoms. The fourth-order valence-electron chi connectivity index (χ4n) is 0.452. The second kappa shape index (κ2) is 2.33. The molecule has 58 valence electrons. The standard InChI is InChI=1S/C3HN4O4/c8-6(9)2-1-4-3(5-2)7(10)11/h1H/q-1. The number of imidazole rings is 1. The maximum atomic E-state index is 9.92. The van der Waals surface area contributed by atoms with Crippen LogP contribution in [0.4, 0.5) is 11.8 Å². The smallest absolute Gasteiger partial charge is 0.283 e. The molecule has 0 spiro atoms. The molecule has 0 N–H and O–H groups in total. The topological polar surface area (TPSA) is 113 Å². The molecule has 11 heavy (non-hydrogen) atoms. The first kappa shape index (κ1) is 7.12. The van der Waals surface area contributed by atoms with Crippen LogP contribution in [0, 0.1) is 20.2 Å². The van der Waals surface area contributed by atoms with Crippen molar-refractivity contribution >= 4 is 11.8 Å². The first-order chi connectivity index (χ1) is 5.11. The van der Waals surface area contributed by atoms with E-state index < -0.39 is 21.6 Å². The zero-order valence-electron chi connectivity index (χ0n) is 5.00. The molecule has 0 fully saturated rings. The molecular formula is C3HN4O4-. The summed E-state index contributed by atoms with van der Waals surface area (Å²) < 4.78 is 0. The summed E-state index contributed by atoms with van der Waals surface area (Å²) in [5.74, 6) is -1.37. The van der Waals surface area contributed by atoms with E-state index >= 15 is 0 Å². The Morgan fingerprint density at radius 3 is 2.27 bits per heavy atom. The Kier molecular flexibility index (Phi) is 1.51. The summed E-state index contributed by atoms with van der Waals surface area (Å²) in [4.78, 5) is 24.2. The maximum Gasteiger partial charge on any atom is 0.283 e. The van der Waals surface area contributed by atoms with Crippen molar-refractivity contribution < 1.29 is 9.85 Å². The van der Waals surface area contributed by atoms with Gasteiger partial charge in [0.1, 0.15) is 6.20 Å². The fraction of sp³-hybridized carbons (Fsp3) is 0. The van der Waals surface area contributed by atoms with Gasteiger partial charge in [-0.15, -0.1) is 0 Å². The molecule has 8 nitrogen and oxygen atoms in total. The van der Waals surface area contributed by atoms with Crippen LogP contribution in [0.25, 0.3) is 0 Å². The number of hydrogen-bond acceptors (Lipinski definition) is 5. The highest BCUT2D eigenvalue weighted by Gasteiger charge is 2.05. The Bertz CT molecular complexity index is 276. The van der Waals surface area contributed by atoms with E-state index in [1.54, 1.807) is 0 Å². The summed E-state index contributed by atoms with van der Waals surface area (Å²) in [6, 6.07) is 0. The van der Waals surface area contributed by atoms with Crippen molar-refractivity contribution in [2.24, 2.45) is 0 Å². The second-order valence-corrected chi connectivity index (χ2v) is 1.54. The molecule has 8 heteroatoms. The third-order valence-electron chi connectivity index (χ3n) is 0.860. The lowest BCUT2D eigenvalue weighted by Crippen LogP contribution is -1.91. The average molecular weight is 157 g/mol. The van der Waals surface area contributed by atoms with Gasteiger partial charge in [0.05, 0.1) is 0 Å². The maximum absolute atomic E-state index is 9.92. The van der Waals surface area contributed by atoms with E-state index in [9.17, 15) is 20.2 Å². The van der Waals surface area contributed by atoms with Crippen molar-refractivity contribution in [3.8, 4) is 0 Å². The Labute approximate surface area is 59.2 Å². The van der Waals surface area contributed by atoms with Crippen LogP contribution in [0.5, 0.6) is 0 Å². The highest BCUT2D eigenvalue weighted by molar-refractivity contribution is 5.20. The molecule has 0 saturated heterocycles. The van der Waals surface area contributed by atoms with Crippen LogP contribution in [0.15, 0.2) is 6.20 Å². The molecule has 0 saturated carbocycles. The lowest BCUT2D eigenvalue weighted by atomic mass is 10.8. The molecule has 0 atom stereocenters. The molecule has 1 aromatic rings. The minimum absolute atomic E-state index is 0.614. The largest absolute Gasteiger partial charge is 0.458 e. The number of hydrogen-bond donors (Lipinski definition) is 0. The van der Waals surface area contributed by atoms with Crippen LogP contribution >= 0.6 is 0 Å². The molecule has 1 heterocycles. The van der Waals surface area contributed by atoms with Gasteiger partial charge in [0, 0.05) is 0 Å². The van der Waals surface area contributed by atoms with Gasteiger partial charge in [0.25, 0.3) is 11.8 Å². The van der Waals surface area contributed by atoms with Gasteiger partial charge in [0.2, 0.25) is 0 Å². The van der Waals surface area contributed by atoms with Crippen LogP contribution in [0.1, 0.15) is 0 Å². The predicted octanol–water partition coefficient (Wildman–Crippen LogP) is -0.145. The van der Waals surface area contributed by atoms with E-state index in [1.165, 1.54) is 0 Å². The quantitative estimate of drug-likeness (QED) is 0.435. The third-order valence-corrected chi connectivity index (χ3v) is 0.860. The molecule has 0 aliphatic carbocycles. The molecule has 0 amide bonds. The van der Waals surface area contributed by atoms with Crippen LogP contribution in [0.3, 0.4) is 0 Å². The van der Waals surface area contributed by atoms with Gasteiger partial charge in [-0.25, -0.2) is 4.98 Å². The van der Waals surface area contributed by atoms with Crippen molar-refractivity contribution in [2.75, 3.05) is 0 Å². The Morgan fingerprint density at radius 1 is 1.36 bits per heavy atom. The first-order valence-electron chi connectivity index (χ1n) is 2.40. The number of nitro groups is 2. The normalized spacial score (nSPS) is 9.45. The molecule has 0 aromatic carbocycles. The van der Waals surface area contributed by atoms with E-state index in [4.69, 9.17) is 0 Å². The zero-order valence-corrected chi connectivity index (χ0v) is 5.00. The van der Waals surface area contributed by atoms with Crippen LogP contribution in [-0.4, -0.2) is 14.8 Å². The van der Waals surface area contributed by atoms with E-state index in [2.05, 4.69) is 9.97 Å². The monoisotopic (exact) mass is 157 g/mol. The summed E-state index contributed by atoms with van der Waals surface area (Å²) in [6.07, 6.45) is 0.734. The van der Waals surface area contributed by atoms with Crippen molar-refractivity contribution in [3.63, 3.8) is 0 Å². The number of aromatic nitrogens is 2. The predicted molar refractivity (Wildman–Crippen MR) is 30.9 cm³/mol. The van der Waals surface area contributed by atoms with Gasteiger partial charge >= 0.3 is 0 Å². The number of nitrogens with zero attached hydrogens (tertiary/aromatic N) is 4. The SMILES string of the molecule is O=[N+]([O-])c1c[n-]c([N+](=O)[O-])n1. The van der Waals surface area contributed by atoms with Crippen LogP contribution in [-0.2, 0) is 0 Å². The van der Waals surface area contributed by atoms with Gasteiger partial charge in [-0.1, -0.05) is 0 Å². The summed E-state index contributed by atoms with van der Waals surface area (Å²) in [7, 11) is 0. The molecule has 1 rings (SSSR count). The first-order valence-corrected chi connectivity index (χ1v) is 2.40. The highest BCUT2D eigenvalue weighted by Crippen LogP contribution is 2.09. The van der Waals surface area contributed by atoms with E-state index in [0.29, 0.717) is 0 Å². The Hall–Kier alpha value is -1.99. The lowest BCUT2D eigenvalue weighted by Gasteiger charge is -1.95. The summed E-state index contributed by atoms with van der Waals surface area (Å²) in [5, 5.41) is 19.8. The second-order valence-electron chi connectivity index (χ2n) is 1.54. The molecule has 0 unspecified atom stereocenters. The van der Waals surface area contributed by atoms with E-state index in [0.717, 1.165) is 6.20 Å². The third kappa shape index (κ3) is 1.28. The van der Waals surface area contributed by atoms with Crippen molar-refractivity contribution in [3.05, 3.63) is 26.4 Å². The summed E-state index contributed by atoms with van der Waals surface area (Å²) in [5.41, 5.74) is 0. The van der Waals surface area contributed by atoms with Crippen molar-refractivity contribution in [1.29, 1.82) is 0 Å². The van der Waals surface area contributed by atoms with Gasteiger partial charge in [-0.05, 0) is 4.92 Å². The van der Waals surface area contributed by atoms with Gasteiger partial charge < -0.3 is 20.2 Å². The molecule has 1 aromatic heterocycles. The van der Waals surface area contributed by atoms with Crippen molar-refractivity contribution in [1.82, 2.24) is 9.97 Å². The van der Waals surface area contributed by atoms with Crippen LogP contribution < -0.4 is 4.98 Å². The Morgan fingerprint density at radius 2 is 2.00 bits per heavy atom. The van der Waals surface area contributed by atoms with Gasteiger partial charge in [0.15, 0.2) is 0 Å². The Balaban J connectivity index is 2.99. The highest BCUT2D eigenvalue weighted by atomic mass is 16.6. The minimum atomic E-state index is -0.896. The van der Waals surface area contributed by atoms with Gasteiger partial charge in [-0.3, -0.25) is 0 Å². The lowest BCUT2D eigenvalue weighted by molar-refractivity contribution is -0.402. The molecule has 0 aliphatic heterocycles. The van der Waals surface area contributed by atoms with Gasteiger partial charge in [-0.2, -0.15) is 9.91 Å². The fourth-order valence-corrected chi connectivity index (χ4v) is 0.452. The van der Waals surface area contributed by atoms with Crippen LogP contribution in [0.2, 0.25) is 0 Å². The molecule has 0 aliphatic rings. The number of rotatable bonds is 2. The summed E-state index contributed by atoms with van der Waals surface area (Å²) in [6.45, 7) is 0. The average Bonchev–Trinajstić information content (AvgIpc) is 2.33. The minimum Gasteiger partial charge on any atom is -0.458 e. The zero-order chi connectivity index (χ0) is 8.43. The van der Waals surface area contributed by atoms with Crippen molar-refractivity contribution in [2.45, 2.75) is 0 Å². The van der Waals surface area contributed by atoms with E-state index in [1.807, 2.05) is 0 Å². The summed E-state index contributed by atoms with van der Waals surface area (Å²) >= 11 is 0. The molecular weight excluding hydrogens is 156 g/mol. The van der Waals surface area contributed by atoms with E-state index in [-0.39, 0.29) is 0 Å².